The van der Waals surface area contributed by atoms with Gasteiger partial charge in [-0.25, -0.2) is 0 Å². The predicted octanol–water partition coefficient (Wildman–Crippen LogP) is 1.61. The first-order valence-electron chi connectivity index (χ1n) is 4.87. The highest BCUT2D eigenvalue weighted by Crippen LogP contribution is 2.45. The van der Waals surface area contributed by atoms with Crippen LogP contribution in [0.2, 0.25) is 0 Å². The predicted molar refractivity (Wildman–Crippen MR) is 51.1 cm³/mol. The molecule has 0 radical (unpaired) electrons. The number of hydrogen-bond acceptors (Lipinski definition) is 2. The number of aliphatic carboxylic acids is 1. The molecule has 0 amide bonds. The van der Waals surface area contributed by atoms with Crippen LogP contribution < -0.4 is 0 Å². The van der Waals surface area contributed by atoms with E-state index < -0.39 is 5.97 Å². The molecule has 1 heterocycles. The molecular weight excluding hydrogens is 180 g/mol. The molecule has 0 atom stereocenters. The summed E-state index contributed by atoms with van der Waals surface area (Å²) in [6.07, 6.45) is 3.21. The number of hydrogen-bond donors (Lipinski definition) is 2. The van der Waals surface area contributed by atoms with Crippen LogP contribution in [0.3, 0.4) is 0 Å². The Morgan fingerprint density at radius 2 is 2.43 bits per heavy atom. The van der Waals surface area contributed by atoms with Crippen LogP contribution in [0.1, 0.15) is 37.1 Å². The normalized spacial score (nSPS) is 18.9. The number of H-pyrrole nitrogens is 1. The number of rotatable bonds is 3. The van der Waals surface area contributed by atoms with Gasteiger partial charge in [0.15, 0.2) is 0 Å². The van der Waals surface area contributed by atoms with Gasteiger partial charge in [-0.2, -0.15) is 5.10 Å². The van der Waals surface area contributed by atoms with Gasteiger partial charge in [0.25, 0.3) is 0 Å². The summed E-state index contributed by atoms with van der Waals surface area (Å²) in [5.74, 6) is -0.731. The van der Waals surface area contributed by atoms with E-state index in [0.29, 0.717) is 0 Å². The molecule has 1 aliphatic rings. The number of carboxylic acids is 1. The van der Waals surface area contributed by atoms with E-state index in [1.807, 2.05) is 13.0 Å². The Morgan fingerprint density at radius 3 is 2.79 bits per heavy atom. The van der Waals surface area contributed by atoms with Gasteiger partial charge in [0.1, 0.15) is 0 Å². The van der Waals surface area contributed by atoms with E-state index >= 15 is 0 Å². The van der Waals surface area contributed by atoms with Crippen molar-refractivity contribution in [2.45, 2.75) is 38.0 Å². The fourth-order valence-electron chi connectivity index (χ4n) is 2.11. The van der Waals surface area contributed by atoms with Gasteiger partial charge in [-0.1, -0.05) is 6.42 Å². The molecule has 0 aliphatic heterocycles. The van der Waals surface area contributed by atoms with Crippen LogP contribution in [0, 0.1) is 6.92 Å². The fraction of sp³-hybridized carbons (Fsp3) is 0.600. The van der Waals surface area contributed by atoms with Crippen molar-refractivity contribution in [3.8, 4) is 0 Å². The quantitative estimate of drug-likeness (QED) is 0.768. The zero-order chi connectivity index (χ0) is 10.2. The zero-order valence-electron chi connectivity index (χ0n) is 8.21. The third-order valence-corrected chi connectivity index (χ3v) is 3.05. The zero-order valence-corrected chi connectivity index (χ0v) is 8.21. The van der Waals surface area contributed by atoms with Crippen molar-refractivity contribution in [3.05, 3.63) is 17.5 Å². The Morgan fingerprint density at radius 1 is 1.71 bits per heavy atom. The second-order valence-electron chi connectivity index (χ2n) is 4.14. The van der Waals surface area contributed by atoms with E-state index in [0.717, 1.165) is 30.7 Å². The van der Waals surface area contributed by atoms with Crippen molar-refractivity contribution in [3.63, 3.8) is 0 Å². The molecule has 14 heavy (non-hydrogen) atoms. The minimum absolute atomic E-state index is 0.184. The van der Waals surface area contributed by atoms with Gasteiger partial charge < -0.3 is 5.11 Å². The first-order valence-corrected chi connectivity index (χ1v) is 4.87. The summed E-state index contributed by atoms with van der Waals surface area (Å²) < 4.78 is 0. The van der Waals surface area contributed by atoms with E-state index in [1.165, 1.54) is 0 Å². The Hall–Kier alpha value is -1.32. The van der Waals surface area contributed by atoms with Gasteiger partial charge in [-0.3, -0.25) is 9.89 Å². The first-order chi connectivity index (χ1) is 6.62. The van der Waals surface area contributed by atoms with E-state index in [-0.39, 0.29) is 11.8 Å². The van der Waals surface area contributed by atoms with Crippen LogP contribution in [-0.4, -0.2) is 21.3 Å². The van der Waals surface area contributed by atoms with Crippen LogP contribution in [0.5, 0.6) is 0 Å². The Labute approximate surface area is 82.3 Å². The highest BCUT2D eigenvalue weighted by Gasteiger charge is 2.42. The molecule has 2 N–H and O–H groups in total. The Balaban J connectivity index is 2.24. The SMILES string of the molecule is Cc1cc(C2(CC(=O)O)CCC2)n[nH]1. The molecule has 2 rings (SSSR count). The van der Waals surface area contributed by atoms with Crippen LogP contribution in [0.4, 0.5) is 0 Å². The minimum Gasteiger partial charge on any atom is -0.481 e. The molecule has 1 aromatic rings. The first kappa shape index (κ1) is 9.24. The molecule has 0 spiro atoms. The lowest BCUT2D eigenvalue weighted by molar-refractivity contribution is -0.139. The molecule has 0 saturated heterocycles. The molecule has 1 saturated carbocycles. The van der Waals surface area contributed by atoms with Gasteiger partial charge in [0, 0.05) is 11.1 Å². The summed E-state index contributed by atoms with van der Waals surface area (Å²) in [6, 6.07) is 1.96. The van der Waals surface area contributed by atoms with Crippen molar-refractivity contribution in [2.75, 3.05) is 0 Å². The summed E-state index contributed by atoms with van der Waals surface area (Å²) in [5.41, 5.74) is 1.73. The van der Waals surface area contributed by atoms with Crippen molar-refractivity contribution in [1.82, 2.24) is 10.2 Å². The van der Waals surface area contributed by atoms with Gasteiger partial charge in [0.05, 0.1) is 12.1 Å². The number of nitrogens with zero attached hydrogens (tertiary/aromatic N) is 1. The van der Waals surface area contributed by atoms with Crippen molar-refractivity contribution < 1.29 is 9.90 Å². The average Bonchev–Trinajstić information content (AvgIpc) is 2.44. The van der Waals surface area contributed by atoms with E-state index in [4.69, 9.17) is 5.11 Å². The van der Waals surface area contributed by atoms with Gasteiger partial charge in [-0.15, -0.1) is 0 Å². The maximum Gasteiger partial charge on any atom is 0.304 e. The molecule has 0 unspecified atom stereocenters. The summed E-state index contributed by atoms with van der Waals surface area (Å²) in [6.45, 7) is 1.93. The van der Waals surface area contributed by atoms with E-state index in [2.05, 4.69) is 10.2 Å². The van der Waals surface area contributed by atoms with Crippen LogP contribution >= 0.6 is 0 Å². The molecule has 4 nitrogen and oxygen atoms in total. The second-order valence-corrected chi connectivity index (χ2v) is 4.14. The number of carbonyl (C=O) groups is 1. The molecular formula is C10H14N2O2. The van der Waals surface area contributed by atoms with Crippen LogP contribution in [0.15, 0.2) is 6.07 Å². The smallest absolute Gasteiger partial charge is 0.304 e. The van der Waals surface area contributed by atoms with Gasteiger partial charge >= 0.3 is 5.97 Å². The highest BCUT2D eigenvalue weighted by molar-refractivity contribution is 5.69. The molecule has 4 heteroatoms. The third kappa shape index (κ3) is 1.41. The largest absolute Gasteiger partial charge is 0.481 e. The monoisotopic (exact) mass is 194 g/mol. The maximum absolute atomic E-state index is 10.7. The molecule has 0 aromatic carbocycles. The minimum atomic E-state index is -0.731. The standard InChI is InChI=1S/C10H14N2O2/c1-7-5-8(12-11-7)10(3-2-4-10)6-9(13)14/h5H,2-4,6H2,1H3,(H,11,12)(H,13,14). The lowest BCUT2D eigenvalue weighted by Gasteiger charge is -2.39. The number of carboxylic acid groups (broad SMARTS) is 1. The lowest BCUT2D eigenvalue weighted by atomic mass is 9.64. The molecule has 1 aromatic heterocycles. The number of aromatic nitrogens is 2. The van der Waals surface area contributed by atoms with Crippen LogP contribution in [-0.2, 0) is 10.2 Å². The number of aryl methyl sites for hydroxylation is 1. The highest BCUT2D eigenvalue weighted by atomic mass is 16.4. The lowest BCUT2D eigenvalue weighted by Crippen LogP contribution is -2.36. The average molecular weight is 194 g/mol. The molecule has 1 aliphatic carbocycles. The van der Waals surface area contributed by atoms with Crippen molar-refractivity contribution >= 4 is 5.97 Å². The summed E-state index contributed by atoms with van der Waals surface area (Å²) in [7, 11) is 0. The van der Waals surface area contributed by atoms with Crippen molar-refractivity contribution in [2.24, 2.45) is 0 Å². The second kappa shape index (κ2) is 3.12. The van der Waals surface area contributed by atoms with Crippen LogP contribution in [0.25, 0.3) is 0 Å². The maximum atomic E-state index is 10.7. The summed E-state index contributed by atoms with van der Waals surface area (Å²) in [4.78, 5) is 10.7. The number of nitrogens with one attached hydrogen (secondary N) is 1. The Bertz CT molecular complexity index is 353. The third-order valence-electron chi connectivity index (χ3n) is 3.05. The van der Waals surface area contributed by atoms with Gasteiger partial charge in [-0.05, 0) is 25.8 Å². The summed E-state index contributed by atoms with van der Waals surface area (Å²) in [5, 5.41) is 15.9. The van der Waals surface area contributed by atoms with Gasteiger partial charge in [0.2, 0.25) is 0 Å². The fourth-order valence-corrected chi connectivity index (χ4v) is 2.11. The van der Waals surface area contributed by atoms with E-state index in [9.17, 15) is 4.79 Å². The molecule has 1 fully saturated rings. The summed E-state index contributed by atoms with van der Waals surface area (Å²) >= 11 is 0. The topological polar surface area (TPSA) is 66.0 Å². The van der Waals surface area contributed by atoms with Crippen molar-refractivity contribution in [1.29, 1.82) is 0 Å². The Kier molecular flexibility index (Phi) is 2.06. The van der Waals surface area contributed by atoms with E-state index in [1.54, 1.807) is 0 Å². The molecule has 0 bridgehead atoms. The molecule has 76 valence electrons. The number of aromatic amines is 1.